The topological polar surface area (TPSA) is 104 Å². The molecule has 0 fully saturated rings. The van der Waals surface area contributed by atoms with Crippen LogP contribution >= 0.6 is 22.9 Å². The molecule has 0 atom stereocenters. The maximum Gasteiger partial charge on any atom is 0.348 e. The Bertz CT molecular complexity index is 1150. The lowest BCUT2D eigenvalue weighted by Gasteiger charge is -2.07. The van der Waals surface area contributed by atoms with Crippen molar-refractivity contribution in [2.75, 3.05) is 19.0 Å². The van der Waals surface area contributed by atoms with E-state index >= 15 is 0 Å². The average molecular weight is 492 g/mol. The van der Waals surface area contributed by atoms with Crippen molar-refractivity contribution in [3.8, 4) is 5.75 Å². The van der Waals surface area contributed by atoms with Crippen molar-refractivity contribution in [1.29, 1.82) is 0 Å². The molecule has 0 aliphatic rings. The number of benzene rings is 1. The Labute approximate surface area is 199 Å². The minimum atomic E-state index is -0.632. The van der Waals surface area contributed by atoms with Gasteiger partial charge in [-0.1, -0.05) is 18.5 Å². The Morgan fingerprint density at radius 1 is 1.09 bits per heavy atom. The molecule has 0 aliphatic carbocycles. The van der Waals surface area contributed by atoms with E-state index in [2.05, 4.69) is 5.32 Å². The number of carbonyl (C=O) groups is 3. The molecular weight excluding hydrogens is 470 g/mol. The van der Waals surface area contributed by atoms with Crippen molar-refractivity contribution >= 4 is 45.8 Å². The van der Waals surface area contributed by atoms with Crippen LogP contribution in [0.3, 0.4) is 0 Å². The van der Waals surface area contributed by atoms with Gasteiger partial charge in [-0.05, 0) is 55.3 Å². The standard InChI is InChI=1S/C23H22ClNO7S/c1-4-11-30-22(27)18-13(2)19(23(28)29-3)33-21(18)25-20(26)17-10-9-16(32-17)12-31-15-7-5-14(24)6-8-15/h5-10H,4,11-12H2,1-3H3,(H,25,26). The zero-order valence-corrected chi connectivity index (χ0v) is 19.8. The molecule has 3 rings (SSSR count). The fraction of sp³-hybridized carbons (Fsp3) is 0.261. The third-order valence-corrected chi connectivity index (χ3v) is 5.91. The summed E-state index contributed by atoms with van der Waals surface area (Å²) in [5.74, 6) is -0.787. The molecule has 0 saturated heterocycles. The second kappa shape index (κ2) is 11.0. The Kier molecular flexibility index (Phi) is 8.13. The van der Waals surface area contributed by atoms with E-state index in [1.165, 1.54) is 13.2 Å². The minimum absolute atomic E-state index is 0.0169. The first-order valence-electron chi connectivity index (χ1n) is 10.0. The van der Waals surface area contributed by atoms with Gasteiger partial charge in [-0.3, -0.25) is 4.79 Å². The second-order valence-corrected chi connectivity index (χ2v) is 8.31. The van der Waals surface area contributed by atoms with Crippen molar-refractivity contribution in [2.45, 2.75) is 26.9 Å². The quantitative estimate of drug-likeness (QED) is 0.395. The van der Waals surface area contributed by atoms with Gasteiger partial charge >= 0.3 is 11.9 Å². The van der Waals surface area contributed by atoms with Crippen LogP contribution in [-0.2, 0) is 16.1 Å². The highest BCUT2D eigenvalue weighted by molar-refractivity contribution is 7.18. The number of thiophene rings is 1. The first-order chi connectivity index (χ1) is 15.8. The molecule has 0 spiro atoms. The summed E-state index contributed by atoms with van der Waals surface area (Å²) in [5, 5.41) is 3.41. The molecule has 0 aliphatic heterocycles. The molecule has 2 heterocycles. The maximum absolute atomic E-state index is 12.8. The molecule has 174 valence electrons. The number of rotatable bonds is 9. The van der Waals surface area contributed by atoms with Gasteiger partial charge in [-0.25, -0.2) is 9.59 Å². The molecular formula is C23H22ClNO7S. The summed E-state index contributed by atoms with van der Waals surface area (Å²) in [4.78, 5) is 37.6. The smallest absolute Gasteiger partial charge is 0.348 e. The van der Waals surface area contributed by atoms with Crippen LogP contribution in [0.2, 0.25) is 5.02 Å². The number of carbonyl (C=O) groups excluding carboxylic acids is 3. The zero-order chi connectivity index (χ0) is 24.0. The number of hydrogen-bond acceptors (Lipinski definition) is 8. The van der Waals surface area contributed by atoms with Crippen LogP contribution in [0.1, 0.15) is 55.3 Å². The number of anilines is 1. The molecule has 0 unspecified atom stereocenters. The van der Waals surface area contributed by atoms with Crippen LogP contribution in [0.5, 0.6) is 5.75 Å². The van der Waals surface area contributed by atoms with Gasteiger partial charge in [-0.2, -0.15) is 0 Å². The molecule has 0 saturated carbocycles. The van der Waals surface area contributed by atoms with Crippen molar-refractivity contribution in [3.05, 3.63) is 68.9 Å². The summed E-state index contributed by atoms with van der Waals surface area (Å²) in [6, 6.07) is 9.94. The SMILES string of the molecule is CCCOC(=O)c1c(NC(=O)c2ccc(COc3ccc(Cl)cc3)o2)sc(C(=O)OC)c1C. The van der Waals surface area contributed by atoms with Gasteiger partial charge in [0.25, 0.3) is 5.91 Å². The van der Waals surface area contributed by atoms with Crippen LogP contribution in [0.4, 0.5) is 5.00 Å². The summed E-state index contributed by atoms with van der Waals surface area (Å²) in [5.41, 5.74) is 0.486. The minimum Gasteiger partial charge on any atom is -0.486 e. The predicted octanol–water partition coefficient (Wildman–Crippen LogP) is 5.49. The molecule has 10 heteroatoms. The fourth-order valence-corrected chi connectivity index (χ4v) is 4.06. The number of methoxy groups -OCH3 is 1. The molecule has 1 aromatic carbocycles. The van der Waals surface area contributed by atoms with Crippen molar-refractivity contribution in [3.63, 3.8) is 0 Å². The molecule has 2 aromatic heterocycles. The highest BCUT2D eigenvalue weighted by Gasteiger charge is 2.28. The highest BCUT2D eigenvalue weighted by atomic mass is 35.5. The van der Waals surface area contributed by atoms with Gasteiger partial charge in [0.05, 0.1) is 19.3 Å². The molecule has 0 radical (unpaired) electrons. The van der Waals surface area contributed by atoms with E-state index in [0.717, 1.165) is 11.3 Å². The molecule has 3 aromatic rings. The molecule has 33 heavy (non-hydrogen) atoms. The van der Waals surface area contributed by atoms with Gasteiger partial charge < -0.3 is 23.9 Å². The summed E-state index contributed by atoms with van der Waals surface area (Å²) in [7, 11) is 1.24. The normalized spacial score (nSPS) is 10.5. The average Bonchev–Trinajstić information content (AvgIpc) is 3.41. The monoisotopic (exact) mass is 491 g/mol. The molecule has 1 N–H and O–H groups in total. The van der Waals surface area contributed by atoms with E-state index < -0.39 is 17.8 Å². The van der Waals surface area contributed by atoms with E-state index in [1.807, 2.05) is 6.92 Å². The van der Waals surface area contributed by atoms with Gasteiger partial charge in [0.2, 0.25) is 0 Å². The van der Waals surface area contributed by atoms with E-state index in [9.17, 15) is 14.4 Å². The summed E-state index contributed by atoms with van der Waals surface area (Å²) >= 11 is 6.79. The molecule has 8 nitrogen and oxygen atoms in total. The largest absolute Gasteiger partial charge is 0.486 e. The van der Waals surface area contributed by atoms with Crippen LogP contribution in [0.15, 0.2) is 40.8 Å². The lowest BCUT2D eigenvalue weighted by molar-refractivity contribution is 0.0506. The van der Waals surface area contributed by atoms with Crippen LogP contribution in [-0.4, -0.2) is 31.6 Å². The summed E-state index contributed by atoms with van der Waals surface area (Å²) < 4.78 is 21.2. The van der Waals surface area contributed by atoms with Crippen LogP contribution < -0.4 is 10.1 Å². The third-order valence-electron chi connectivity index (χ3n) is 4.47. The third kappa shape index (κ3) is 5.94. The summed E-state index contributed by atoms with van der Waals surface area (Å²) in [6.45, 7) is 3.78. The first kappa shape index (κ1) is 24.3. The first-order valence-corrected chi connectivity index (χ1v) is 11.2. The van der Waals surface area contributed by atoms with Crippen LogP contribution in [0.25, 0.3) is 0 Å². The lowest BCUT2D eigenvalue weighted by atomic mass is 10.1. The van der Waals surface area contributed by atoms with Crippen molar-refractivity contribution < 1.29 is 33.0 Å². The number of hydrogen-bond donors (Lipinski definition) is 1. The number of ether oxygens (including phenoxy) is 3. The maximum atomic E-state index is 12.8. The van der Waals surface area contributed by atoms with Crippen molar-refractivity contribution in [1.82, 2.24) is 0 Å². The Balaban J connectivity index is 1.75. The lowest BCUT2D eigenvalue weighted by Crippen LogP contribution is -2.14. The van der Waals surface area contributed by atoms with Gasteiger partial charge in [0, 0.05) is 5.02 Å². The number of halogens is 1. The van der Waals surface area contributed by atoms with Gasteiger partial charge in [0.15, 0.2) is 5.76 Å². The number of esters is 2. The molecule has 0 bridgehead atoms. The number of nitrogens with one attached hydrogen (secondary N) is 1. The Hall–Kier alpha value is -3.30. The highest BCUT2D eigenvalue weighted by Crippen LogP contribution is 2.34. The van der Waals surface area contributed by atoms with E-state index in [-0.39, 0.29) is 34.4 Å². The van der Waals surface area contributed by atoms with Crippen LogP contribution in [0, 0.1) is 6.92 Å². The number of amides is 1. The van der Waals surface area contributed by atoms with E-state index in [4.69, 9.17) is 30.2 Å². The van der Waals surface area contributed by atoms with Crippen molar-refractivity contribution in [2.24, 2.45) is 0 Å². The number of furan rings is 1. The zero-order valence-electron chi connectivity index (χ0n) is 18.2. The van der Waals surface area contributed by atoms with Gasteiger partial charge in [-0.15, -0.1) is 11.3 Å². The predicted molar refractivity (Wildman–Crippen MR) is 123 cm³/mol. The second-order valence-electron chi connectivity index (χ2n) is 6.85. The van der Waals surface area contributed by atoms with E-state index in [1.54, 1.807) is 37.3 Å². The Morgan fingerprint density at radius 2 is 1.82 bits per heavy atom. The summed E-state index contributed by atoms with van der Waals surface area (Å²) in [6.07, 6.45) is 0.633. The molecule has 1 amide bonds. The van der Waals surface area contributed by atoms with Gasteiger partial charge in [0.1, 0.15) is 28.0 Å². The van der Waals surface area contributed by atoms with E-state index in [0.29, 0.717) is 28.5 Å². The Morgan fingerprint density at radius 3 is 2.48 bits per heavy atom. The fourth-order valence-electron chi connectivity index (χ4n) is 2.83.